The number of unbranched alkanes of at least 4 members (excludes halogenated alkanes) is 2. The lowest BCUT2D eigenvalue weighted by Crippen LogP contribution is -2.46. The van der Waals surface area contributed by atoms with Gasteiger partial charge >= 0.3 is 11.9 Å². The number of hydrogen-bond donors (Lipinski definition) is 2. The molecule has 0 radical (unpaired) electrons. The summed E-state index contributed by atoms with van der Waals surface area (Å²) in [4.78, 5) is 49.3. The lowest BCUT2D eigenvalue weighted by atomic mass is 10.0. The van der Waals surface area contributed by atoms with E-state index in [-0.39, 0.29) is 24.7 Å². The normalized spacial score (nSPS) is 18.2. The van der Waals surface area contributed by atoms with E-state index in [0.29, 0.717) is 43.8 Å². The van der Waals surface area contributed by atoms with Crippen molar-refractivity contribution in [3.63, 3.8) is 0 Å². The number of esters is 1. The molecule has 0 spiro atoms. The summed E-state index contributed by atoms with van der Waals surface area (Å²) in [6, 6.07) is 14.1. The van der Waals surface area contributed by atoms with Gasteiger partial charge in [0.1, 0.15) is 17.5 Å². The van der Waals surface area contributed by atoms with Crippen LogP contribution in [0.1, 0.15) is 49.4 Å². The number of para-hydroxylation sites is 1. The Hall–Kier alpha value is -3.99. The van der Waals surface area contributed by atoms with E-state index in [1.165, 1.54) is 12.1 Å². The Balaban J connectivity index is 1.43. The lowest BCUT2D eigenvalue weighted by Gasteiger charge is -2.22. The zero-order valence-electron chi connectivity index (χ0n) is 22.5. The van der Waals surface area contributed by atoms with Crippen LogP contribution >= 0.6 is 0 Å². The number of carboxylic acid groups (broad SMARTS) is 1. The number of nitrogens with one attached hydrogen (secondary N) is 1. The predicted molar refractivity (Wildman–Crippen MR) is 143 cm³/mol. The molecule has 2 aromatic rings. The Labute approximate surface area is 232 Å². The van der Waals surface area contributed by atoms with Crippen molar-refractivity contribution in [2.75, 3.05) is 32.9 Å². The van der Waals surface area contributed by atoms with Crippen LogP contribution in [-0.2, 0) is 23.9 Å². The Bertz CT molecular complexity index is 1140. The molecule has 40 heavy (non-hydrogen) atoms. The van der Waals surface area contributed by atoms with E-state index in [1.807, 2.05) is 18.2 Å². The van der Waals surface area contributed by atoms with Gasteiger partial charge in [-0.05, 0) is 56.2 Å². The van der Waals surface area contributed by atoms with Gasteiger partial charge in [0.15, 0.2) is 5.67 Å². The number of alkyl halides is 1. The van der Waals surface area contributed by atoms with Gasteiger partial charge in [-0.15, -0.1) is 0 Å². The third-order valence-electron chi connectivity index (χ3n) is 6.33. The average molecular weight is 559 g/mol. The second-order valence-corrected chi connectivity index (χ2v) is 9.52. The summed E-state index contributed by atoms with van der Waals surface area (Å²) in [5.74, 6) is -1.66. The van der Waals surface area contributed by atoms with Gasteiger partial charge in [-0.3, -0.25) is 14.4 Å². The van der Waals surface area contributed by atoms with Crippen molar-refractivity contribution < 1.29 is 42.9 Å². The largest absolute Gasteiger partial charge is 0.480 e. The number of ether oxygens (including phenoxy) is 3. The summed E-state index contributed by atoms with van der Waals surface area (Å²) in [7, 11) is 0. The van der Waals surface area contributed by atoms with Gasteiger partial charge < -0.3 is 29.5 Å². The van der Waals surface area contributed by atoms with Gasteiger partial charge in [-0.2, -0.15) is 0 Å². The lowest BCUT2D eigenvalue weighted by molar-refractivity contribution is -0.147. The van der Waals surface area contributed by atoms with Crippen LogP contribution in [-0.4, -0.2) is 78.4 Å². The van der Waals surface area contributed by atoms with E-state index in [9.17, 15) is 24.3 Å². The fraction of sp³-hybridized carbons (Fsp3) is 0.448. The van der Waals surface area contributed by atoms with Gasteiger partial charge in [-0.1, -0.05) is 24.6 Å². The van der Waals surface area contributed by atoms with E-state index in [0.717, 1.165) is 4.90 Å². The van der Waals surface area contributed by atoms with E-state index in [2.05, 4.69) is 5.32 Å². The van der Waals surface area contributed by atoms with Crippen LogP contribution in [0.3, 0.4) is 0 Å². The summed E-state index contributed by atoms with van der Waals surface area (Å²) in [5, 5.41) is 12.0. The molecule has 1 saturated heterocycles. The highest BCUT2D eigenvalue weighted by Gasteiger charge is 2.49. The first-order chi connectivity index (χ1) is 19.2. The topological polar surface area (TPSA) is 131 Å². The number of benzene rings is 2. The van der Waals surface area contributed by atoms with Crippen LogP contribution in [0, 0.1) is 0 Å². The highest BCUT2D eigenvalue weighted by Crippen LogP contribution is 2.31. The minimum atomic E-state index is -2.03. The fourth-order valence-corrected chi connectivity index (χ4v) is 4.32. The molecule has 3 rings (SSSR count). The predicted octanol–water partition coefficient (Wildman–Crippen LogP) is 3.74. The van der Waals surface area contributed by atoms with Crippen molar-refractivity contribution in [2.45, 2.75) is 50.7 Å². The zero-order valence-corrected chi connectivity index (χ0v) is 22.5. The van der Waals surface area contributed by atoms with Crippen LogP contribution in [0.2, 0.25) is 0 Å². The molecule has 0 aromatic heterocycles. The third kappa shape index (κ3) is 9.33. The summed E-state index contributed by atoms with van der Waals surface area (Å²) >= 11 is 0. The Kier molecular flexibility index (Phi) is 11.4. The molecule has 216 valence electrons. The van der Waals surface area contributed by atoms with Crippen LogP contribution < -0.4 is 10.1 Å². The monoisotopic (exact) mass is 558 g/mol. The van der Waals surface area contributed by atoms with E-state index < -0.39 is 49.0 Å². The van der Waals surface area contributed by atoms with Crippen LogP contribution in [0.15, 0.2) is 54.6 Å². The van der Waals surface area contributed by atoms with Crippen LogP contribution in [0.5, 0.6) is 11.5 Å². The number of rotatable bonds is 15. The molecule has 2 amide bonds. The fourth-order valence-electron chi connectivity index (χ4n) is 4.32. The molecule has 2 unspecified atom stereocenters. The van der Waals surface area contributed by atoms with Crippen molar-refractivity contribution in [3.05, 3.63) is 60.2 Å². The minimum absolute atomic E-state index is 0.241. The van der Waals surface area contributed by atoms with E-state index in [4.69, 9.17) is 14.2 Å². The zero-order chi connectivity index (χ0) is 29.0. The first-order valence-corrected chi connectivity index (χ1v) is 13.3. The molecule has 0 aliphatic carbocycles. The Morgan fingerprint density at radius 2 is 1.73 bits per heavy atom. The molecule has 1 aliphatic heterocycles. The van der Waals surface area contributed by atoms with Gasteiger partial charge in [-0.25, -0.2) is 9.18 Å². The second kappa shape index (κ2) is 15.0. The molecule has 1 aliphatic rings. The van der Waals surface area contributed by atoms with Gasteiger partial charge in [0.05, 0.1) is 26.3 Å². The number of hydrogen-bond acceptors (Lipinski definition) is 7. The van der Waals surface area contributed by atoms with Crippen molar-refractivity contribution in [1.29, 1.82) is 0 Å². The SMILES string of the molecule is CCOC(=O)CCCCCOCC1(F)CC(C(=O)O)N(C(=O)CNC(=O)c2ccc(Oc3ccccc3)cc2)C1. The molecular formula is C29H35FN2O8. The molecule has 2 N–H and O–H groups in total. The van der Waals surface area contributed by atoms with Crippen molar-refractivity contribution in [2.24, 2.45) is 0 Å². The van der Waals surface area contributed by atoms with Gasteiger partial charge in [0.25, 0.3) is 5.91 Å². The molecule has 1 fully saturated rings. The van der Waals surface area contributed by atoms with Crippen molar-refractivity contribution in [1.82, 2.24) is 10.2 Å². The molecule has 1 heterocycles. The Morgan fingerprint density at radius 1 is 1.02 bits per heavy atom. The summed E-state index contributed by atoms with van der Waals surface area (Å²) in [5.41, 5.74) is -1.75. The number of likely N-dealkylation sites (tertiary alicyclic amines) is 1. The molecule has 10 nitrogen and oxygen atoms in total. The molecule has 0 saturated carbocycles. The van der Waals surface area contributed by atoms with Gasteiger partial charge in [0.2, 0.25) is 5.91 Å². The number of aliphatic carboxylic acids is 1. The first kappa shape index (κ1) is 30.6. The smallest absolute Gasteiger partial charge is 0.326 e. The molecule has 2 atom stereocenters. The second-order valence-electron chi connectivity index (χ2n) is 9.52. The maximum absolute atomic E-state index is 15.4. The highest BCUT2D eigenvalue weighted by atomic mass is 19.1. The third-order valence-corrected chi connectivity index (χ3v) is 6.33. The number of amides is 2. The van der Waals surface area contributed by atoms with E-state index in [1.54, 1.807) is 31.2 Å². The molecular weight excluding hydrogens is 523 g/mol. The quantitative estimate of drug-likeness (QED) is 0.250. The standard InChI is InChI=1S/C29H35FN2O8/c1-2-39-26(34)11-7-4-8-16-38-20-29(30)17-24(28(36)37)32(19-29)25(33)18-31-27(35)21-12-14-23(15-13-21)40-22-9-5-3-6-10-22/h3,5-6,9-10,12-15,24H,2,4,7-8,11,16-20H2,1H3,(H,31,35)(H,36,37). The number of carboxylic acids is 1. The molecule has 11 heteroatoms. The molecule has 0 bridgehead atoms. The number of halogens is 1. The van der Waals surface area contributed by atoms with Gasteiger partial charge in [0, 0.05) is 25.0 Å². The first-order valence-electron chi connectivity index (χ1n) is 13.3. The molecule has 2 aromatic carbocycles. The van der Waals surface area contributed by atoms with Crippen LogP contribution in [0.4, 0.5) is 4.39 Å². The highest BCUT2D eigenvalue weighted by molar-refractivity contribution is 5.97. The number of nitrogens with zero attached hydrogens (tertiary/aromatic N) is 1. The summed E-state index contributed by atoms with van der Waals surface area (Å²) in [6.45, 7) is 1.02. The summed E-state index contributed by atoms with van der Waals surface area (Å²) < 4.78 is 31.4. The minimum Gasteiger partial charge on any atom is -0.480 e. The average Bonchev–Trinajstić information content (AvgIpc) is 3.30. The number of carbonyl (C=O) groups is 4. The van der Waals surface area contributed by atoms with E-state index >= 15 is 4.39 Å². The Morgan fingerprint density at radius 3 is 2.40 bits per heavy atom. The summed E-state index contributed by atoms with van der Waals surface area (Å²) in [6.07, 6.45) is 1.83. The van der Waals surface area contributed by atoms with Crippen molar-refractivity contribution >= 4 is 23.8 Å². The maximum Gasteiger partial charge on any atom is 0.326 e. The number of carbonyl (C=O) groups excluding carboxylic acids is 3. The van der Waals surface area contributed by atoms with Crippen molar-refractivity contribution in [3.8, 4) is 11.5 Å². The maximum atomic E-state index is 15.4. The van der Waals surface area contributed by atoms with Crippen LogP contribution in [0.25, 0.3) is 0 Å².